The number of aryl methyl sites for hydroxylation is 1. The molecular formula is C18H17F3O3. The molecule has 6 heteroatoms. The molecule has 0 heterocycles. The molecule has 2 aromatic rings. The normalized spacial score (nSPS) is 11.2. The number of benzene rings is 2. The highest BCUT2D eigenvalue weighted by Gasteiger charge is 2.38. The predicted octanol–water partition coefficient (Wildman–Crippen LogP) is 4.89. The van der Waals surface area contributed by atoms with Crippen LogP contribution in [0.3, 0.4) is 0 Å². The van der Waals surface area contributed by atoms with Gasteiger partial charge in [-0.1, -0.05) is 31.2 Å². The van der Waals surface area contributed by atoms with Gasteiger partial charge >= 0.3 is 12.1 Å². The number of ether oxygens (including phenoxy) is 2. The van der Waals surface area contributed by atoms with Crippen molar-refractivity contribution in [1.29, 1.82) is 0 Å². The topological polar surface area (TPSA) is 35.5 Å². The summed E-state index contributed by atoms with van der Waals surface area (Å²) in [4.78, 5) is 12.3. The maximum atomic E-state index is 13.4. The highest BCUT2D eigenvalue weighted by Crippen LogP contribution is 2.36. The maximum absolute atomic E-state index is 13.4. The summed E-state index contributed by atoms with van der Waals surface area (Å²) in [5.74, 6) is -0.683. The average molecular weight is 338 g/mol. The van der Waals surface area contributed by atoms with Crippen molar-refractivity contribution in [3.05, 3.63) is 59.2 Å². The summed E-state index contributed by atoms with van der Waals surface area (Å²) in [6, 6.07) is 10.2. The van der Waals surface area contributed by atoms with Crippen molar-refractivity contribution in [2.75, 3.05) is 6.61 Å². The van der Waals surface area contributed by atoms with Crippen LogP contribution in [0.15, 0.2) is 42.5 Å². The van der Waals surface area contributed by atoms with Crippen LogP contribution in [-0.4, -0.2) is 12.6 Å². The monoisotopic (exact) mass is 338 g/mol. The van der Waals surface area contributed by atoms with E-state index in [4.69, 9.17) is 9.47 Å². The maximum Gasteiger partial charge on any atom is 0.417 e. The second-order valence-electron chi connectivity index (χ2n) is 4.96. The van der Waals surface area contributed by atoms with Crippen molar-refractivity contribution >= 4 is 5.97 Å². The molecule has 0 bridgehead atoms. The standard InChI is InChI=1S/C18H17F3O3/c1-3-12-8-7-9-13(16(12)18(19,20)21)17(22)24-15-11-6-5-10-14(15)23-4-2/h5-11H,3-4H2,1-2H3. The Labute approximate surface area is 138 Å². The molecule has 0 saturated heterocycles. The van der Waals surface area contributed by atoms with E-state index in [1.54, 1.807) is 32.0 Å². The molecule has 24 heavy (non-hydrogen) atoms. The molecule has 0 radical (unpaired) electrons. The van der Waals surface area contributed by atoms with Crippen molar-refractivity contribution in [3.8, 4) is 11.5 Å². The zero-order valence-electron chi connectivity index (χ0n) is 13.3. The third kappa shape index (κ3) is 3.88. The van der Waals surface area contributed by atoms with Gasteiger partial charge in [0.25, 0.3) is 0 Å². The quantitative estimate of drug-likeness (QED) is 0.575. The van der Waals surface area contributed by atoms with E-state index in [2.05, 4.69) is 0 Å². The third-order valence-corrected chi connectivity index (χ3v) is 3.39. The van der Waals surface area contributed by atoms with Crippen LogP contribution in [0.1, 0.15) is 35.3 Å². The van der Waals surface area contributed by atoms with E-state index in [-0.39, 0.29) is 17.7 Å². The second kappa shape index (κ2) is 7.38. The number of carbonyl (C=O) groups is 1. The first kappa shape index (κ1) is 17.8. The van der Waals surface area contributed by atoms with E-state index in [0.29, 0.717) is 12.4 Å². The highest BCUT2D eigenvalue weighted by molar-refractivity contribution is 5.93. The van der Waals surface area contributed by atoms with E-state index >= 15 is 0 Å². The molecule has 128 valence electrons. The average Bonchev–Trinajstić information content (AvgIpc) is 2.55. The van der Waals surface area contributed by atoms with Crippen LogP contribution in [0.25, 0.3) is 0 Å². The smallest absolute Gasteiger partial charge is 0.417 e. The summed E-state index contributed by atoms with van der Waals surface area (Å²) in [7, 11) is 0. The number of carbonyl (C=O) groups excluding carboxylic acids is 1. The summed E-state index contributed by atoms with van der Waals surface area (Å²) < 4.78 is 50.6. The fourth-order valence-corrected chi connectivity index (χ4v) is 2.36. The van der Waals surface area contributed by atoms with Gasteiger partial charge in [-0.2, -0.15) is 13.2 Å². The Morgan fingerprint density at radius 3 is 2.25 bits per heavy atom. The van der Waals surface area contributed by atoms with Gasteiger partial charge in [0.2, 0.25) is 0 Å². The third-order valence-electron chi connectivity index (χ3n) is 3.39. The molecule has 0 saturated carbocycles. The number of esters is 1. The zero-order valence-corrected chi connectivity index (χ0v) is 13.3. The van der Waals surface area contributed by atoms with Crippen LogP contribution in [0.2, 0.25) is 0 Å². The van der Waals surface area contributed by atoms with Crippen molar-refractivity contribution in [1.82, 2.24) is 0 Å². The van der Waals surface area contributed by atoms with Gasteiger partial charge in [-0.15, -0.1) is 0 Å². The van der Waals surface area contributed by atoms with Crippen molar-refractivity contribution in [3.63, 3.8) is 0 Å². The Morgan fingerprint density at radius 1 is 1.00 bits per heavy atom. The van der Waals surface area contributed by atoms with Gasteiger partial charge in [0, 0.05) is 0 Å². The van der Waals surface area contributed by atoms with Gasteiger partial charge in [0.05, 0.1) is 17.7 Å². The van der Waals surface area contributed by atoms with E-state index in [9.17, 15) is 18.0 Å². The molecular weight excluding hydrogens is 321 g/mol. The largest absolute Gasteiger partial charge is 0.490 e. The van der Waals surface area contributed by atoms with Gasteiger partial charge in [-0.05, 0) is 37.1 Å². The predicted molar refractivity (Wildman–Crippen MR) is 83.4 cm³/mol. The molecule has 0 aliphatic heterocycles. The lowest BCUT2D eigenvalue weighted by atomic mass is 9.98. The SMILES string of the molecule is CCOc1ccccc1OC(=O)c1cccc(CC)c1C(F)(F)F. The lowest BCUT2D eigenvalue weighted by Gasteiger charge is -2.16. The van der Waals surface area contributed by atoms with Crippen molar-refractivity contribution in [2.24, 2.45) is 0 Å². The van der Waals surface area contributed by atoms with Crippen LogP contribution >= 0.6 is 0 Å². The molecule has 2 aromatic carbocycles. The molecule has 3 nitrogen and oxygen atoms in total. The first-order valence-corrected chi connectivity index (χ1v) is 7.51. The van der Waals surface area contributed by atoms with Crippen LogP contribution in [0.5, 0.6) is 11.5 Å². The first-order valence-electron chi connectivity index (χ1n) is 7.51. The molecule has 2 rings (SSSR count). The number of hydrogen-bond donors (Lipinski definition) is 0. The fraction of sp³-hybridized carbons (Fsp3) is 0.278. The van der Waals surface area contributed by atoms with Crippen molar-refractivity contribution < 1.29 is 27.4 Å². The zero-order chi connectivity index (χ0) is 17.7. The van der Waals surface area contributed by atoms with Gasteiger partial charge in [0.1, 0.15) is 0 Å². The van der Waals surface area contributed by atoms with Crippen molar-refractivity contribution in [2.45, 2.75) is 26.4 Å². The molecule has 0 N–H and O–H groups in total. The highest BCUT2D eigenvalue weighted by atomic mass is 19.4. The Hall–Kier alpha value is -2.50. The van der Waals surface area contributed by atoms with Crippen LogP contribution in [0, 0.1) is 0 Å². The lowest BCUT2D eigenvalue weighted by molar-refractivity contribution is -0.138. The van der Waals surface area contributed by atoms with E-state index in [1.165, 1.54) is 18.2 Å². The molecule has 0 spiro atoms. The van der Waals surface area contributed by atoms with E-state index < -0.39 is 23.3 Å². The minimum Gasteiger partial charge on any atom is -0.490 e. The number of para-hydroxylation sites is 2. The van der Waals surface area contributed by atoms with Crippen LogP contribution in [-0.2, 0) is 12.6 Å². The minimum absolute atomic E-state index is 0.0510. The van der Waals surface area contributed by atoms with Gasteiger partial charge in [-0.3, -0.25) is 0 Å². The molecule has 0 aromatic heterocycles. The molecule has 0 aliphatic rings. The molecule has 0 aliphatic carbocycles. The summed E-state index contributed by atoms with van der Waals surface area (Å²) >= 11 is 0. The Kier molecular flexibility index (Phi) is 5.49. The molecule has 0 fully saturated rings. The molecule has 0 atom stereocenters. The van der Waals surface area contributed by atoms with E-state index in [1.807, 2.05) is 0 Å². The summed E-state index contributed by atoms with van der Waals surface area (Å²) in [6.45, 7) is 3.70. The summed E-state index contributed by atoms with van der Waals surface area (Å²) in [5, 5.41) is 0. The fourth-order valence-electron chi connectivity index (χ4n) is 2.36. The van der Waals surface area contributed by atoms with Crippen LogP contribution in [0.4, 0.5) is 13.2 Å². The van der Waals surface area contributed by atoms with Gasteiger partial charge in [0.15, 0.2) is 11.5 Å². The molecule has 0 unspecified atom stereocenters. The summed E-state index contributed by atoms with van der Waals surface area (Å²) in [6.07, 6.45) is -4.48. The number of halogens is 3. The Balaban J connectivity index is 2.41. The lowest BCUT2D eigenvalue weighted by Crippen LogP contribution is -2.19. The van der Waals surface area contributed by atoms with Gasteiger partial charge in [-0.25, -0.2) is 4.79 Å². The van der Waals surface area contributed by atoms with Gasteiger partial charge < -0.3 is 9.47 Å². The number of rotatable bonds is 5. The van der Waals surface area contributed by atoms with E-state index in [0.717, 1.165) is 6.07 Å². The molecule has 0 amide bonds. The Bertz CT molecular complexity index is 724. The first-order chi connectivity index (χ1) is 11.4. The minimum atomic E-state index is -4.64. The number of hydrogen-bond acceptors (Lipinski definition) is 3. The number of alkyl halides is 3. The Morgan fingerprint density at radius 2 is 1.67 bits per heavy atom. The van der Waals surface area contributed by atoms with Crippen LogP contribution < -0.4 is 9.47 Å². The second-order valence-corrected chi connectivity index (χ2v) is 4.96. The summed E-state index contributed by atoms with van der Waals surface area (Å²) in [5.41, 5.74) is -1.41.